The van der Waals surface area contributed by atoms with Crippen LogP contribution in [0.2, 0.25) is 0 Å². The maximum atomic E-state index is 12.4. The summed E-state index contributed by atoms with van der Waals surface area (Å²) in [6.45, 7) is 2.39. The number of carbonyl (C=O) groups excluding carboxylic acids is 1. The lowest BCUT2D eigenvalue weighted by Gasteiger charge is -2.18. The van der Waals surface area contributed by atoms with Crippen molar-refractivity contribution in [3.63, 3.8) is 0 Å². The number of anilines is 1. The molecule has 100 valence electrons. The van der Waals surface area contributed by atoms with Gasteiger partial charge in [0.05, 0.1) is 6.20 Å². The standard InChI is InChI=1S/C14H18N4O/c1-10-12(5-4-6-13(10)15)14(19)17(2)8-11-7-16-18(3)9-11/h4-7,9H,8,15H2,1-3H3. The van der Waals surface area contributed by atoms with Crippen molar-refractivity contribution in [3.05, 3.63) is 47.3 Å². The topological polar surface area (TPSA) is 64.2 Å². The zero-order chi connectivity index (χ0) is 14.0. The van der Waals surface area contributed by atoms with Crippen molar-refractivity contribution in [2.45, 2.75) is 13.5 Å². The van der Waals surface area contributed by atoms with E-state index >= 15 is 0 Å². The molecule has 0 bridgehead atoms. The molecule has 0 atom stereocenters. The first-order valence-electron chi connectivity index (χ1n) is 6.07. The van der Waals surface area contributed by atoms with E-state index in [0.29, 0.717) is 17.8 Å². The van der Waals surface area contributed by atoms with Crippen LogP contribution in [0.4, 0.5) is 5.69 Å². The highest BCUT2D eigenvalue weighted by Gasteiger charge is 2.15. The van der Waals surface area contributed by atoms with Crippen LogP contribution in [0.1, 0.15) is 21.5 Å². The maximum absolute atomic E-state index is 12.4. The Labute approximate surface area is 112 Å². The molecular weight excluding hydrogens is 240 g/mol. The molecule has 2 N–H and O–H groups in total. The molecular formula is C14H18N4O. The van der Waals surface area contributed by atoms with E-state index in [1.54, 1.807) is 41.0 Å². The molecule has 1 aromatic heterocycles. The lowest BCUT2D eigenvalue weighted by atomic mass is 10.1. The number of hydrogen-bond acceptors (Lipinski definition) is 3. The lowest BCUT2D eigenvalue weighted by Crippen LogP contribution is -2.26. The summed E-state index contributed by atoms with van der Waals surface area (Å²) < 4.78 is 1.72. The third kappa shape index (κ3) is 2.76. The number of nitrogens with zero attached hydrogens (tertiary/aromatic N) is 3. The molecule has 1 aromatic carbocycles. The molecule has 19 heavy (non-hydrogen) atoms. The minimum absolute atomic E-state index is 0.0337. The first kappa shape index (κ1) is 13.1. The second kappa shape index (κ2) is 5.14. The average Bonchev–Trinajstić information content (AvgIpc) is 2.77. The van der Waals surface area contributed by atoms with E-state index in [1.165, 1.54) is 0 Å². The third-order valence-electron chi connectivity index (χ3n) is 3.13. The number of hydrogen-bond donors (Lipinski definition) is 1. The van der Waals surface area contributed by atoms with Gasteiger partial charge in [0.2, 0.25) is 0 Å². The Hall–Kier alpha value is -2.30. The number of benzene rings is 1. The normalized spacial score (nSPS) is 10.5. The summed E-state index contributed by atoms with van der Waals surface area (Å²) in [7, 11) is 3.63. The lowest BCUT2D eigenvalue weighted by molar-refractivity contribution is 0.0784. The van der Waals surface area contributed by atoms with E-state index < -0.39 is 0 Å². The number of carbonyl (C=O) groups is 1. The van der Waals surface area contributed by atoms with E-state index in [4.69, 9.17) is 5.73 Å². The van der Waals surface area contributed by atoms with Gasteiger partial charge in [0.25, 0.3) is 5.91 Å². The Morgan fingerprint density at radius 3 is 2.84 bits per heavy atom. The quantitative estimate of drug-likeness (QED) is 0.850. The molecule has 0 saturated heterocycles. The largest absolute Gasteiger partial charge is 0.398 e. The van der Waals surface area contributed by atoms with Crippen molar-refractivity contribution in [3.8, 4) is 0 Å². The first-order valence-corrected chi connectivity index (χ1v) is 6.07. The Balaban J connectivity index is 2.17. The summed E-state index contributed by atoms with van der Waals surface area (Å²) in [6.07, 6.45) is 3.66. The summed E-state index contributed by atoms with van der Waals surface area (Å²) in [5, 5.41) is 4.09. The van der Waals surface area contributed by atoms with E-state index in [1.807, 2.05) is 20.2 Å². The second-order valence-corrected chi connectivity index (χ2v) is 4.70. The van der Waals surface area contributed by atoms with Crippen LogP contribution in [-0.2, 0) is 13.6 Å². The Kier molecular flexibility index (Phi) is 3.55. The molecule has 5 nitrogen and oxygen atoms in total. The fraction of sp³-hybridized carbons (Fsp3) is 0.286. The molecule has 2 aromatic rings. The zero-order valence-electron chi connectivity index (χ0n) is 11.4. The fourth-order valence-corrected chi connectivity index (χ4v) is 1.99. The SMILES string of the molecule is Cc1c(N)cccc1C(=O)N(C)Cc1cnn(C)c1. The van der Waals surface area contributed by atoms with Crippen molar-refractivity contribution in [2.75, 3.05) is 12.8 Å². The minimum Gasteiger partial charge on any atom is -0.398 e. The molecule has 1 heterocycles. The summed E-state index contributed by atoms with van der Waals surface area (Å²) in [4.78, 5) is 14.0. The van der Waals surface area contributed by atoms with Crippen molar-refractivity contribution < 1.29 is 4.79 Å². The van der Waals surface area contributed by atoms with Gasteiger partial charge in [-0.2, -0.15) is 5.10 Å². The highest BCUT2D eigenvalue weighted by molar-refractivity contribution is 5.96. The monoisotopic (exact) mass is 258 g/mol. The minimum atomic E-state index is -0.0337. The van der Waals surface area contributed by atoms with Crippen molar-refractivity contribution in [2.24, 2.45) is 7.05 Å². The van der Waals surface area contributed by atoms with Crippen LogP contribution in [-0.4, -0.2) is 27.6 Å². The summed E-state index contributed by atoms with van der Waals surface area (Å²) in [5.74, 6) is -0.0337. The van der Waals surface area contributed by atoms with Gasteiger partial charge in [0.1, 0.15) is 0 Å². The third-order valence-corrected chi connectivity index (χ3v) is 3.13. The van der Waals surface area contributed by atoms with E-state index in [9.17, 15) is 4.79 Å². The number of aryl methyl sites for hydroxylation is 1. The molecule has 1 amide bonds. The number of rotatable bonds is 3. The highest BCUT2D eigenvalue weighted by Crippen LogP contribution is 2.17. The molecule has 0 spiro atoms. The predicted molar refractivity (Wildman–Crippen MR) is 74.6 cm³/mol. The van der Waals surface area contributed by atoms with Crippen LogP contribution in [0.3, 0.4) is 0 Å². The molecule has 0 saturated carbocycles. The number of nitrogen functional groups attached to an aromatic ring is 1. The Bertz CT molecular complexity index is 603. The van der Waals surface area contributed by atoms with Gasteiger partial charge in [-0.25, -0.2) is 0 Å². The van der Waals surface area contributed by atoms with Gasteiger partial charge < -0.3 is 10.6 Å². The van der Waals surface area contributed by atoms with Gasteiger partial charge in [-0.15, -0.1) is 0 Å². The van der Waals surface area contributed by atoms with Crippen LogP contribution < -0.4 is 5.73 Å². The molecule has 0 fully saturated rings. The second-order valence-electron chi connectivity index (χ2n) is 4.70. The van der Waals surface area contributed by atoms with Gasteiger partial charge in [-0.1, -0.05) is 6.07 Å². The van der Waals surface area contributed by atoms with Crippen molar-refractivity contribution in [1.82, 2.24) is 14.7 Å². The zero-order valence-corrected chi connectivity index (χ0v) is 11.4. The van der Waals surface area contributed by atoms with E-state index in [2.05, 4.69) is 5.10 Å². The number of nitrogens with two attached hydrogens (primary N) is 1. The summed E-state index contributed by atoms with van der Waals surface area (Å²) in [6, 6.07) is 5.40. The molecule has 0 unspecified atom stereocenters. The Morgan fingerprint density at radius 2 is 2.21 bits per heavy atom. The summed E-state index contributed by atoms with van der Waals surface area (Å²) >= 11 is 0. The van der Waals surface area contributed by atoms with Crippen LogP contribution in [0.25, 0.3) is 0 Å². The predicted octanol–water partition coefficient (Wildman–Crippen LogP) is 1.58. The molecule has 0 aliphatic rings. The van der Waals surface area contributed by atoms with Crippen LogP contribution in [0, 0.1) is 6.92 Å². The maximum Gasteiger partial charge on any atom is 0.254 e. The van der Waals surface area contributed by atoms with E-state index in [0.717, 1.165) is 11.1 Å². The number of aromatic nitrogens is 2. The first-order chi connectivity index (χ1) is 8.99. The van der Waals surface area contributed by atoms with Gasteiger partial charge in [-0.05, 0) is 24.6 Å². The highest BCUT2D eigenvalue weighted by atomic mass is 16.2. The van der Waals surface area contributed by atoms with Gasteiger partial charge in [0, 0.05) is 43.7 Å². The molecule has 0 aliphatic heterocycles. The van der Waals surface area contributed by atoms with Crippen molar-refractivity contribution in [1.29, 1.82) is 0 Å². The summed E-state index contributed by atoms with van der Waals surface area (Å²) in [5.41, 5.74) is 8.94. The van der Waals surface area contributed by atoms with Crippen molar-refractivity contribution >= 4 is 11.6 Å². The molecule has 2 rings (SSSR count). The van der Waals surface area contributed by atoms with Gasteiger partial charge in [-0.3, -0.25) is 9.48 Å². The fourth-order valence-electron chi connectivity index (χ4n) is 1.99. The van der Waals surface area contributed by atoms with Gasteiger partial charge in [0.15, 0.2) is 0 Å². The van der Waals surface area contributed by atoms with Gasteiger partial charge >= 0.3 is 0 Å². The number of amides is 1. The average molecular weight is 258 g/mol. The smallest absolute Gasteiger partial charge is 0.254 e. The van der Waals surface area contributed by atoms with Crippen LogP contribution in [0.15, 0.2) is 30.6 Å². The van der Waals surface area contributed by atoms with Crippen LogP contribution in [0.5, 0.6) is 0 Å². The molecule has 0 radical (unpaired) electrons. The van der Waals surface area contributed by atoms with E-state index in [-0.39, 0.29) is 5.91 Å². The molecule has 0 aliphatic carbocycles. The Morgan fingerprint density at radius 1 is 1.47 bits per heavy atom. The molecule has 5 heteroatoms. The van der Waals surface area contributed by atoms with Crippen LogP contribution >= 0.6 is 0 Å².